The summed E-state index contributed by atoms with van der Waals surface area (Å²) in [5.41, 5.74) is 3.14. The van der Waals surface area contributed by atoms with Crippen molar-refractivity contribution >= 4 is 17.3 Å². The predicted molar refractivity (Wildman–Crippen MR) is 116 cm³/mol. The zero-order valence-corrected chi connectivity index (χ0v) is 16.8. The van der Waals surface area contributed by atoms with Gasteiger partial charge in [0.2, 0.25) is 0 Å². The Labute approximate surface area is 176 Å². The Balaban J connectivity index is 1.55. The number of aromatic nitrogens is 1. The molecule has 1 aliphatic heterocycles. The molecule has 1 aromatic heterocycles. The smallest absolute Gasteiger partial charge is 0.170 e. The summed E-state index contributed by atoms with van der Waals surface area (Å²) < 4.78 is 5.91. The Morgan fingerprint density at radius 1 is 1.00 bits per heavy atom. The van der Waals surface area contributed by atoms with Crippen LogP contribution in [0.3, 0.4) is 0 Å². The summed E-state index contributed by atoms with van der Waals surface area (Å²) >= 11 is 5.53. The van der Waals surface area contributed by atoms with Crippen molar-refractivity contribution < 1.29 is 9.84 Å². The van der Waals surface area contributed by atoms with Crippen molar-refractivity contribution in [3.63, 3.8) is 0 Å². The van der Waals surface area contributed by atoms with Gasteiger partial charge in [0.05, 0.1) is 24.4 Å². The van der Waals surface area contributed by atoms with Crippen LogP contribution in [0.1, 0.15) is 28.9 Å². The first-order valence-electron chi connectivity index (χ1n) is 9.62. The number of benzene rings is 2. The fourth-order valence-electron chi connectivity index (χ4n) is 3.62. The fraction of sp³-hybridized carbons (Fsp3) is 0.217. The molecule has 0 unspecified atom stereocenters. The Hall–Kier alpha value is -2.96. The molecule has 4 rings (SSSR count). The third kappa shape index (κ3) is 4.39. The highest BCUT2D eigenvalue weighted by atomic mass is 32.1. The number of ether oxygens (including phenoxy) is 1. The topological polar surface area (TPSA) is 57.6 Å². The van der Waals surface area contributed by atoms with E-state index in [0.29, 0.717) is 18.3 Å². The zero-order valence-electron chi connectivity index (χ0n) is 15.9. The molecule has 148 valence electrons. The lowest BCUT2D eigenvalue weighted by Crippen LogP contribution is -2.32. The molecule has 2 aromatic carbocycles. The van der Waals surface area contributed by atoms with Crippen LogP contribution in [0.15, 0.2) is 79.0 Å². The van der Waals surface area contributed by atoms with Crippen LogP contribution in [0.4, 0.5) is 0 Å². The second kappa shape index (κ2) is 9.03. The number of nitrogens with one attached hydrogen (secondary N) is 1. The van der Waals surface area contributed by atoms with Gasteiger partial charge in [0.25, 0.3) is 0 Å². The monoisotopic (exact) mass is 405 g/mol. The molecule has 0 spiro atoms. The maximum atomic E-state index is 9.52. The number of rotatable bonds is 7. The Morgan fingerprint density at radius 2 is 1.76 bits per heavy atom. The summed E-state index contributed by atoms with van der Waals surface area (Å²) in [6.07, 6.45) is 1.78. The molecule has 0 saturated carbocycles. The molecule has 0 amide bonds. The van der Waals surface area contributed by atoms with Crippen molar-refractivity contribution in [1.29, 1.82) is 0 Å². The normalized spacial score (nSPS) is 18.5. The summed E-state index contributed by atoms with van der Waals surface area (Å²) in [7, 11) is 0. The first-order chi connectivity index (χ1) is 14.3. The van der Waals surface area contributed by atoms with Crippen LogP contribution in [-0.4, -0.2) is 33.3 Å². The molecule has 2 atom stereocenters. The molecular formula is C23H23N3O2S. The number of aliphatic hydroxyl groups excluding tert-OH is 1. The summed E-state index contributed by atoms with van der Waals surface area (Å²) in [5.74, 6) is 0.814. The van der Waals surface area contributed by atoms with Gasteiger partial charge >= 0.3 is 0 Å². The molecule has 0 radical (unpaired) electrons. The molecule has 2 heterocycles. The van der Waals surface area contributed by atoms with Crippen molar-refractivity contribution in [2.45, 2.75) is 18.7 Å². The molecule has 3 aromatic rings. The van der Waals surface area contributed by atoms with Crippen molar-refractivity contribution in [1.82, 2.24) is 15.2 Å². The van der Waals surface area contributed by atoms with Crippen LogP contribution in [0.2, 0.25) is 0 Å². The van der Waals surface area contributed by atoms with E-state index < -0.39 is 0 Å². The number of thiocarbonyl (C=S) groups is 1. The first kappa shape index (κ1) is 19.4. The molecule has 1 saturated heterocycles. The summed E-state index contributed by atoms with van der Waals surface area (Å²) in [6.45, 7) is 1.03. The number of nitrogens with zero attached hydrogens (tertiary/aromatic N) is 2. The maximum absolute atomic E-state index is 9.52. The zero-order chi connectivity index (χ0) is 20.1. The van der Waals surface area contributed by atoms with Crippen LogP contribution in [0.25, 0.3) is 0 Å². The number of hydrogen-bond donors (Lipinski definition) is 2. The lowest BCUT2D eigenvalue weighted by molar-refractivity contribution is 0.223. The maximum Gasteiger partial charge on any atom is 0.170 e. The highest BCUT2D eigenvalue weighted by Crippen LogP contribution is 2.38. The second-order valence-corrected chi connectivity index (χ2v) is 7.27. The van der Waals surface area contributed by atoms with Crippen molar-refractivity contribution in [2.24, 2.45) is 0 Å². The molecule has 5 nitrogen and oxygen atoms in total. The number of β-amino-alcohol motifs (C(OH)–C–C–N with tert-alkyl or cyclic N) is 1. The summed E-state index contributed by atoms with van der Waals surface area (Å²) in [6, 6.07) is 23.9. The third-order valence-corrected chi connectivity index (χ3v) is 5.36. The van der Waals surface area contributed by atoms with Crippen molar-refractivity contribution in [2.75, 3.05) is 13.2 Å². The fourth-order valence-corrected chi connectivity index (χ4v) is 3.95. The van der Waals surface area contributed by atoms with E-state index in [9.17, 15) is 5.11 Å². The van der Waals surface area contributed by atoms with E-state index in [1.54, 1.807) is 6.20 Å². The Morgan fingerprint density at radius 3 is 2.45 bits per heavy atom. The molecule has 1 aliphatic rings. The highest BCUT2D eigenvalue weighted by molar-refractivity contribution is 7.80. The highest BCUT2D eigenvalue weighted by Gasteiger charge is 2.39. The predicted octanol–water partition coefficient (Wildman–Crippen LogP) is 3.63. The SMILES string of the molecule is OCCN1C(=S)N[C@H](c2ccccn2)[C@H]1c1ccc(OCc2ccccc2)cc1. The van der Waals surface area contributed by atoms with Gasteiger partial charge in [-0.3, -0.25) is 4.98 Å². The van der Waals surface area contributed by atoms with Gasteiger partial charge in [-0.2, -0.15) is 0 Å². The van der Waals surface area contributed by atoms with Crippen LogP contribution in [-0.2, 0) is 6.61 Å². The third-order valence-electron chi connectivity index (χ3n) is 5.01. The van der Waals surface area contributed by atoms with Crippen LogP contribution in [0.5, 0.6) is 5.75 Å². The van der Waals surface area contributed by atoms with Gasteiger partial charge < -0.3 is 20.1 Å². The lowest BCUT2D eigenvalue weighted by atomic mass is 9.97. The standard InChI is InChI=1S/C23H23N3O2S/c27-15-14-26-22(21(25-23(26)29)20-8-4-5-13-24-20)18-9-11-19(12-10-18)28-16-17-6-2-1-3-7-17/h1-13,21-22,27H,14-16H2,(H,25,29)/t21-,22-/m1/s1. The quantitative estimate of drug-likeness (QED) is 0.586. The van der Waals surface area contributed by atoms with E-state index in [4.69, 9.17) is 17.0 Å². The van der Waals surface area contributed by atoms with Gasteiger partial charge in [0, 0.05) is 12.7 Å². The average molecular weight is 406 g/mol. The number of pyridine rings is 1. The Kier molecular flexibility index (Phi) is 6.03. The molecule has 1 fully saturated rings. The van der Waals surface area contributed by atoms with E-state index in [2.05, 4.69) is 22.4 Å². The van der Waals surface area contributed by atoms with Gasteiger partial charge in [0.15, 0.2) is 5.11 Å². The van der Waals surface area contributed by atoms with Gasteiger partial charge in [0.1, 0.15) is 12.4 Å². The average Bonchev–Trinajstić information content (AvgIpc) is 3.10. The van der Waals surface area contributed by atoms with E-state index in [0.717, 1.165) is 22.6 Å². The Bertz CT molecular complexity index is 935. The van der Waals surface area contributed by atoms with Crippen LogP contribution < -0.4 is 10.1 Å². The van der Waals surface area contributed by atoms with Crippen LogP contribution in [0, 0.1) is 0 Å². The first-order valence-corrected chi connectivity index (χ1v) is 10.0. The summed E-state index contributed by atoms with van der Waals surface area (Å²) in [5, 5.41) is 13.5. The lowest BCUT2D eigenvalue weighted by Gasteiger charge is -2.27. The molecule has 6 heteroatoms. The van der Waals surface area contributed by atoms with Gasteiger partial charge in [-0.15, -0.1) is 0 Å². The van der Waals surface area contributed by atoms with Gasteiger partial charge in [-0.1, -0.05) is 48.5 Å². The molecule has 2 N–H and O–H groups in total. The molecular weight excluding hydrogens is 382 g/mol. The minimum absolute atomic E-state index is 0.0333. The second-order valence-electron chi connectivity index (χ2n) is 6.89. The van der Waals surface area contributed by atoms with E-state index >= 15 is 0 Å². The largest absolute Gasteiger partial charge is 0.489 e. The van der Waals surface area contributed by atoms with Crippen molar-refractivity contribution in [3.8, 4) is 5.75 Å². The van der Waals surface area contributed by atoms with E-state index in [1.165, 1.54) is 0 Å². The van der Waals surface area contributed by atoms with E-state index in [-0.39, 0.29) is 18.7 Å². The molecule has 0 bridgehead atoms. The number of aliphatic hydroxyl groups is 1. The van der Waals surface area contributed by atoms with Crippen LogP contribution >= 0.6 is 12.2 Å². The number of hydrogen-bond acceptors (Lipinski definition) is 4. The van der Waals surface area contributed by atoms with Gasteiger partial charge in [-0.25, -0.2) is 0 Å². The van der Waals surface area contributed by atoms with Gasteiger partial charge in [-0.05, 0) is 47.6 Å². The molecule has 29 heavy (non-hydrogen) atoms. The minimum Gasteiger partial charge on any atom is -0.489 e. The summed E-state index contributed by atoms with van der Waals surface area (Å²) in [4.78, 5) is 6.53. The van der Waals surface area contributed by atoms with Crippen molar-refractivity contribution in [3.05, 3.63) is 95.8 Å². The van der Waals surface area contributed by atoms with E-state index in [1.807, 2.05) is 65.6 Å². The minimum atomic E-state index is -0.0775. The molecule has 0 aliphatic carbocycles.